The zero-order valence-corrected chi connectivity index (χ0v) is 16.5. The molecular weight excluding hydrogens is 399 g/mol. The first-order valence-corrected chi connectivity index (χ1v) is 9.49. The summed E-state index contributed by atoms with van der Waals surface area (Å²) >= 11 is 5.94. The molecule has 0 bridgehead atoms. The minimum Gasteiger partial charge on any atom is -0.455 e. The summed E-state index contributed by atoms with van der Waals surface area (Å²) < 4.78 is 19.0. The maximum absolute atomic E-state index is 13.9. The molecule has 0 spiro atoms. The Kier molecular flexibility index (Phi) is 6.49. The number of carbonyl (C=O) groups excluding carboxylic acids is 3. The molecule has 8 heteroatoms. The maximum atomic E-state index is 13.9. The standard InChI is InChI=1S/C21H20ClFN2O4/c1-13(14-5-4-6-16(22)9-14)24-19(26)12-29-21(28)15-10-20(27)25(11-15)18-8-3-2-7-17(18)23/h2-9,13,15H,10-12H2,1H3,(H,24,26)/t13-,15+/m0/s1. The van der Waals surface area contributed by atoms with Crippen LogP contribution in [0, 0.1) is 11.7 Å². The van der Waals surface area contributed by atoms with Crippen molar-refractivity contribution >= 4 is 35.1 Å². The molecule has 2 aromatic rings. The van der Waals surface area contributed by atoms with Crippen LogP contribution in [-0.2, 0) is 19.1 Å². The summed E-state index contributed by atoms with van der Waals surface area (Å²) in [5, 5.41) is 3.27. The van der Waals surface area contributed by atoms with Gasteiger partial charge in [0.1, 0.15) is 5.82 Å². The Morgan fingerprint density at radius 1 is 1.28 bits per heavy atom. The van der Waals surface area contributed by atoms with Crippen LogP contribution in [0.4, 0.5) is 10.1 Å². The number of amides is 2. The van der Waals surface area contributed by atoms with Crippen LogP contribution in [-0.4, -0.2) is 30.9 Å². The lowest BCUT2D eigenvalue weighted by Gasteiger charge is -2.17. The fourth-order valence-electron chi connectivity index (χ4n) is 3.17. The van der Waals surface area contributed by atoms with Crippen molar-refractivity contribution in [3.63, 3.8) is 0 Å². The first-order valence-electron chi connectivity index (χ1n) is 9.11. The lowest BCUT2D eigenvalue weighted by molar-refractivity contribution is -0.152. The van der Waals surface area contributed by atoms with Crippen LogP contribution in [0.15, 0.2) is 48.5 Å². The Morgan fingerprint density at radius 3 is 2.76 bits per heavy atom. The smallest absolute Gasteiger partial charge is 0.311 e. The van der Waals surface area contributed by atoms with Crippen LogP contribution >= 0.6 is 11.6 Å². The van der Waals surface area contributed by atoms with Crippen molar-refractivity contribution in [2.45, 2.75) is 19.4 Å². The van der Waals surface area contributed by atoms with Gasteiger partial charge < -0.3 is 15.0 Å². The Hall–Kier alpha value is -2.93. The topological polar surface area (TPSA) is 75.7 Å². The van der Waals surface area contributed by atoms with E-state index in [9.17, 15) is 18.8 Å². The predicted molar refractivity (Wildman–Crippen MR) is 106 cm³/mol. The van der Waals surface area contributed by atoms with Crippen LogP contribution in [0.1, 0.15) is 24.9 Å². The van der Waals surface area contributed by atoms with Gasteiger partial charge in [-0.05, 0) is 36.8 Å². The molecule has 2 aromatic carbocycles. The number of nitrogens with one attached hydrogen (secondary N) is 1. The molecule has 0 aliphatic carbocycles. The highest BCUT2D eigenvalue weighted by Crippen LogP contribution is 2.27. The predicted octanol–water partition coefficient (Wildman–Crippen LogP) is 3.25. The number of hydrogen-bond donors (Lipinski definition) is 1. The second kappa shape index (κ2) is 9.05. The van der Waals surface area contributed by atoms with Crippen molar-refractivity contribution < 1.29 is 23.5 Å². The van der Waals surface area contributed by atoms with Crippen LogP contribution in [0.3, 0.4) is 0 Å². The largest absolute Gasteiger partial charge is 0.455 e. The molecule has 2 atom stereocenters. The number of hydrogen-bond acceptors (Lipinski definition) is 4. The normalized spacial score (nSPS) is 17.1. The molecule has 2 amide bonds. The number of anilines is 1. The quantitative estimate of drug-likeness (QED) is 0.731. The van der Waals surface area contributed by atoms with E-state index in [1.54, 1.807) is 31.2 Å². The van der Waals surface area contributed by atoms with E-state index in [4.69, 9.17) is 16.3 Å². The van der Waals surface area contributed by atoms with Crippen molar-refractivity contribution in [2.75, 3.05) is 18.1 Å². The number of benzene rings is 2. The Balaban J connectivity index is 1.51. The number of halogens is 2. The Bertz CT molecular complexity index is 936. The van der Waals surface area contributed by atoms with E-state index < -0.39 is 30.2 Å². The minimum absolute atomic E-state index is 0.0130. The summed E-state index contributed by atoms with van der Waals surface area (Å²) in [5.74, 6) is -2.79. The van der Waals surface area contributed by atoms with Gasteiger partial charge in [-0.3, -0.25) is 14.4 Å². The maximum Gasteiger partial charge on any atom is 0.311 e. The van der Waals surface area contributed by atoms with Gasteiger partial charge in [0, 0.05) is 18.0 Å². The number of para-hydroxylation sites is 1. The van der Waals surface area contributed by atoms with Crippen molar-refractivity contribution in [2.24, 2.45) is 5.92 Å². The molecule has 0 aromatic heterocycles. The van der Waals surface area contributed by atoms with Crippen LogP contribution in [0.2, 0.25) is 5.02 Å². The second-order valence-electron chi connectivity index (χ2n) is 6.81. The van der Waals surface area contributed by atoms with E-state index in [1.165, 1.54) is 23.1 Å². The Morgan fingerprint density at radius 2 is 2.03 bits per heavy atom. The molecule has 1 aliphatic heterocycles. The average Bonchev–Trinajstić information content (AvgIpc) is 3.08. The molecule has 0 radical (unpaired) electrons. The van der Waals surface area contributed by atoms with Crippen molar-refractivity contribution in [1.82, 2.24) is 5.32 Å². The van der Waals surface area contributed by atoms with Gasteiger partial charge in [0.05, 0.1) is 17.6 Å². The fourth-order valence-corrected chi connectivity index (χ4v) is 3.36. The number of esters is 1. The molecule has 1 aliphatic rings. The molecule has 0 saturated carbocycles. The van der Waals surface area contributed by atoms with Crippen LogP contribution in [0.25, 0.3) is 0 Å². The third kappa shape index (κ3) is 5.12. The number of nitrogens with zero attached hydrogens (tertiary/aromatic N) is 1. The van der Waals surface area contributed by atoms with E-state index in [1.807, 2.05) is 6.07 Å². The summed E-state index contributed by atoms with van der Waals surface area (Å²) in [5.41, 5.74) is 0.944. The summed E-state index contributed by atoms with van der Waals surface area (Å²) in [4.78, 5) is 37.7. The van der Waals surface area contributed by atoms with E-state index >= 15 is 0 Å². The van der Waals surface area contributed by atoms with E-state index in [0.29, 0.717) is 5.02 Å². The third-order valence-corrected chi connectivity index (χ3v) is 4.91. The summed E-state index contributed by atoms with van der Waals surface area (Å²) in [6, 6.07) is 12.6. The molecule has 1 heterocycles. The number of carbonyl (C=O) groups is 3. The molecule has 6 nitrogen and oxygen atoms in total. The summed E-state index contributed by atoms with van der Waals surface area (Å²) in [7, 11) is 0. The van der Waals surface area contributed by atoms with Gasteiger partial charge in [0.2, 0.25) is 5.91 Å². The SMILES string of the molecule is C[C@H](NC(=O)COC(=O)[C@@H]1CC(=O)N(c2ccccc2F)C1)c1cccc(Cl)c1. The average molecular weight is 419 g/mol. The summed E-state index contributed by atoms with van der Waals surface area (Å²) in [6.45, 7) is 1.33. The lowest BCUT2D eigenvalue weighted by atomic mass is 10.1. The molecule has 3 rings (SSSR count). The lowest BCUT2D eigenvalue weighted by Crippen LogP contribution is -2.33. The van der Waals surface area contributed by atoms with Crippen molar-refractivity contribution in [3.05, 3.63) is 64.9 Å². The molecule has 1 saturated heterocycles. The zero-order valence-electron chi connectivity index (χ0n) is 15.7. The van der Waals surface area contributed by atoms with Crippen LogP contribution < -0.4 is 10.2 Å². The zero-order chi connectivity index (χ0) is 21.0. The van der Waals surface area contributed by atoms with Gasteiger partial charge in [-0.2, -0.15) is 0 Å². The van der Waals surface area contributed by atoms with Gasteiger partial charge in [0.25, 0.3) is 5.91 Å². The second-order valence-corrected chi connectivity index (χ2v) is 7.25. The highest BCUT2D eigenvalue weighted by Gasteiger charge is 2.37. The third-order valence-electron chi connectivity index (χ3n) is 4.67. The van der Waals surface area contributed by atoms with Crippen LogP contribution in [0.5, 0.6) is 0 Å². The van der Waals surface area contributed by atoms with Gasteiger partial charge in [-0.25, -0.2) is 4.39 Å². The van der Waals surface area contributed by atoms with Gasteiger partial charge >= 0.3 is 5.97 Å². The van der Waals surface area contributed by atoms with Crippen molar-refractivity contribution in [1.29, 1.82) is 0 Å². The fraction of sp³-hybridized carbons (Fsp3) is 0.286. The first-order chi connectivity index (χ1) is 13.8. The van der Waals surface area contributed by atoms with E-state index in [0.717, 1.165) is 5.56 Å². The summed E-state index contributed by atoms with van der Waals surface area (Å²) in [6.07, 6.45) is -0.0896. The highest BCUT2D eigenvalue weighted by atomic mass is 35.5. The molecule has 152 valence electrons. The van der Waals surface area contributed by atoms with E-state index in [-0.39, 0.29) is 30.6 Å². The molecule has 1 fully saturated rings. The number of ether oxygens (including phenoxy) is 1. The minimum atomic E-state index is -0.750. The first kappa shape index (κ1) is 20.8. The molecule has 29 heavy (non-hydrogen) atoms. The monoisotopic (exact) mass is 418 g/mol. The highest BCUT2D eigenvalue weighted by molar-refractivity contribution is 6.30. The molecule has 0 unspecified atom stereocenters. The number of rotatable bonds is 6. The molecule has 1 N–H and O–H groups in total. The van der Waals surface area contributed by atoms with Gasteiger partial charge in [-0.15, -0.1) is 0 Å². The molecular formula is C21H20ClFN2O4. The van der Waals surface area contributed by atoms with Gasteiger partial charge in [0.15, 0.2) is 6.61 Å². The Labute approximate surface area is 172 Å². The van der Waals surface area contributed by atoms with Gasteiger partial charge in [-0.1, -0.05) is 35.9 Å². The van der Waals surface area contributed by atoms with Crippen molar-refractivity contribution in [3.8, 4) is 0 Å². The van der Waals surface area contributed by atoms with E-state index in [2.05, 4.69) is 5.32 Å².